The predicted molar refractivity (Wildman–Crippen MR) is 123 cm³/mol. The van der Waals surface area contributed by atoms with Gasteiger partial charge in [0.1, 0.15) is 6.04 Å². The number of carbonyl (C=O) groups is 3. The van der Waals surface area contributed by atoms with Crippen molar-refractivity contribution in [2.45, 2.75) is 71.3 Å². The molecule has 34 heavy (non-hydrogen) atoms. The zero-order valence-corrected chi connectivity index (χ0v) is 20.2. The van der Waals surface area contributed by atoms with Gasteiger partial charge in [0.2, 0.25) is 11.8 Å². The van der Waals surface area contributed by atoms with Crippen LogP contribution in [-0.4, -0.2) is 71.5 Å². The fourth-order valence-corrected chi connectivity index (χ4v) is 4.02. The summed E-state index contributed by atoms with van der Waals surface area (Å²) in [5.41, 5.74) is 5.81. The molecule has 0 aromatic heterocycles. The highest BCUT2D eigenvalue weighted by Gasteiger charge is 2.45. The van der Waals surface area contributed by atoms with E-state index in [9.17, 15) is 27.6 Å². The van der Waals surface area contributed by atoms with E-state index < -0.39 is 41.5 Å². The van der Waals surface area contributed by atoms with Crippen LogP contribution in [0.15, 0.2) is 30.3 Å². The summed E-state index contributed by atoms with van der Waals surface area (Å²) in [6, 6.07) is 6.66. The van der Waals surface area contributed by atoms with E-state index in [1.54, 1.807) is 51.1 Å². The van der Waals surface area contributed by atoms with Crippen molar-refractivity contribution < 1.29 is 27.6 Å². The van der Waals surface area contributed by atoms with E-state index in [4.69, 9.17) is 5.73 Å². The molecule has 1 aliphatic heterocycles. The molecule has 1 fully saturated rings. The van der Waals surface area contributed by atoms with Crippen LogP contribution in [0.25, 0.3) is 0 Å². The lowest BCUT2D eigenvalue weighted by Gasteiger charge is -2.37. The number of amides is 3. The largest absolute Gasteiger partial charge is 0.471 e. The average molecular weight is 485 g/mol. The van der Waals surface area contributed by atoms with Crippen LogP contribution in [0.4, 0.5) is 13.2 Å². The SMILES string of the molecule is C[C@H](N)C(=O)N[C@H](C(=O)N1CCC[C@H]1CN(CCc1ccccc1)C(=O)C(F)(F)F)C(C)(C)C. The monoisotopic (exact) mass is 484 g/mol. The van der Waals surface area contributed by atoms with Crippen molar-refractivity contribution in [3.8, 4) is 0 Å². The zero-order chi connectivity index (χ0) is 25.7. The van der Waals surface area contributed by atoms with Crippen molar-refractivity contribution in [3.63, 3.8) is 0 Å². The van der Waals surface area contributed by atoms with Crippen LogP contribution in [0.1, 0.15) is 46.1 Å². The van der Waals surface area contributed by atoms with Crippen LogP contribution in [-0.2, 0) is 20.8 Å². The van der Waals surface area contributed by atoms with Crippen molar-refractivity contribution in [1.29, 1.82) is 0 Å². The van der Waals surface area contributed by atoms with Gasteiger partial charge in [0.25, 0.3) is 0 Å². The molecule has 7 nitrogen and oxygen atoms in total. The molecule has 190 valence electrons. The molecule has 0 saturated carbocycles. The number of hydrogen-bond donors (Lipinski definition) is 2. The maximum atomic E-state index is 13.4. The first-order valence-corrected chi connectivity index (χ1v) is 11.5. The summed E-state index contributed by atoms with van der Waals surface area (Å²) >= 11 is 0. The number of nitrogens with two attached hydrogens (primary N) is 1. The van der Waals surface area contributed by atoms with Gasteiger partial charge in [0.05, 0.1) is 6.04 Å². The minimum absolute atomic E-state index is 0.120. The molecule has 10 heteroatoms. The molecule has 0 bridgehead atoms. The number of hydrogen-bond acceptors (Lipinski definition) is 4. The van der Waals surface area contributed by atoms with E-state index in [0.29, 0.717) is 19.4 Å². The third kappa shape index (κ3) is 7.44. The van der Waals surface area contributed by atoms with Crippen molar-refractivity contribution >= 4 is 17.7 Å². The van der Waals surface area contributed by atoms with Crippen molar-refractivity contribution in [2.24, 2.45) is 11.1 Å². The quantitative estimate of drug-likeness (QED) is 0.593. The van der Waals surface area contributed by atoms with Gasteiger partial charge in [0, 0.05) is 25.7 Å². The molecule has 3 N–H and O–H groups in total. The van der Waals surface area contributed by atoms with E-state index >= 15 is 0 Å². The molecule has 0 radical (unpaired) electrons. The van der Waals surface area contributed by atoms with Gasteiger partial charge in [0.15, 0.2) is 0 Å². The Morgan fingerprint density at radius 1 is 1.18 bits per heavy atom. The summed E-state index contributed by atoms with van der Waals surface area (Å²) in [6.07, 6.45) is -3.68. The first kappa shape index (κ1) is 27.6. The van der Waals surface area contributed by atoms with Crippen molar-refractivity contribution in [3.05, 3.63) is 35.9 Å². The molecule has 0 spiro atoms. The lowest BCUT2D eigenvalue weighted by atomic mass is 9.85. The molecule has 1 aromatic carbocycles. The van der Waals surface area contributed by atoms with E-state index in [1.165, 1.54) is 11.8 Å². The highest BCUT2D eigenvalue weighted by Crippen LogP contribution is 2.27. The maximum Gasteiger partial charge on any atom is 0.471 e. The number of alkyl halides is 3. The minimum atomic E-state index is -5.01. The van der Waals surface area contributed by atoms with Gasteiger partial charge in [-0.25, -0.2) is 0 Å². The summed E-state index contributed by atoms with van der Waals surface area (Å²) < 4.78 is 40.0. The van der Waals surface area contributed by atoms with Gasteiger partial charge >= 0.3 is 12.1 Å². The number of benzene rings is 1. The third-order valence-corrected chi connectivity index (χ3v) is 5.95. The number of likely N-dealkylation sites (tertiary alicyclic amines) is 1. The van der Waals surface area contributed by atoms with E-state index in [-0.39, 0.29) is 25.4 Å². The first-order chi connectivity index (χ1) is 15.7. The summed E-state index contributed by atoms with van der Waals surface area (Å²) in [5.74, 6) is -2.78. The Morgan fingerprint density at radius 3 is 2.32 bits per heavy atom. The molecule has 3 amide bonds. The van der Waals surface area contributed by atoms with Crippen molar-refractivity contribution in [2.75, 3.05) is 19.6 Å². The maximum absolute atomic E-state index is 13.4. The number of nitrogens with zero attached hydrogens (tertiary/aromatic N) is 2. The fraction of sp³-hybridized carbons (Fsp3) is 0.625. The number of nitrogens with one attached hydrogen (secondary N) is 1. The lowest BCUT2D eigenvalue weighted by Crippen LogP contribution is -2.59. The molecule has 1 aromatic rings. The number of halogens is 3. The van der Waals surface area contributed by atoms with Crippen LogP contribution < -0.4 is 11.1 Å². The standard InChI is InChI=1S/C24H35F3N4O3/c1-16(28)20(32)29-19(23(2,3)4)21(33)31-13-8-11-18(31)15-30(22(34)24(25,26)27)14-12-17-9-6-5-7-10-17/h5-7,9-10,16,18-19H,8,11-15,28H2,1-4H3,(H,29,32)/t16-,18-,19+/m0/s1. The normalized spacial score (nSPS) is 18.4. The van der Waals surface area contributed by atoms with Gasteiger partial charge in [-0.05, 0) is 37.2 Å². The van der Waals surface area contributed by atoms with Gasteiger partial charge < -0.3 is 20.9 Å². The second kappa shape index (κ2) is 11.2. The average Bonchev–Trinajstić information content (AvgIpc) is 3.21. The fourth-order valence-electron chi connectivity index (χ4n) is 4.02. The Hall–Kier alpha value is -2.62. The zero-order valence-electron chi connectivity index (χ0n) is 20.2. The van der Waals surface area contributed by atoms with E-state index in [1.807, 2.05) is 0 Å². The van der Waals surface area contributed by atoms with Crippen LogP contribution >= 0.6 is 0 Å². The van der Waals surface area contributed by atoms with Gasteiger partial charge in [-0.1, -0.05) is 51.1 Å². The predicted octanol–water partition coefficient (Wildman–Crippen LogP) is 2.49. The molecule has 1 heterocycles. The van der Waals surface area contributed by atoms with Gasteiger partial charge in [-0.2, -0.15) is 13.2 Å². The van der Waals surface area contributed by atoms with Crippen LogP contribution in [0.5, 0.6) is 0 Å². The third-order valence-electron chi connectivity index (χ3n) is 5.95. The Balaban J connectivity index is 2.21. The Kier molecular flexibility index (Phi) is 9.10. The van der Waals surface area contributed by atoms with E-state index in [2.05, 4.69) is 5.32 Å². The smallest absolute Gasteiger partial charge is 0.342 e. The van der Waals surface area contributed by atoms with Crippen molar-refractivity contribution in [1.82, 2.24) is 15.1 Å². The topological polar surface area (TPSA) is 95.7 Å². The summed E-state index contributed by atoms with van der Waals surface area (Å²) in [4.78, 5) is 40.1. The first-order valence-electron chi connectivity index (χ1n) is 11.5. The van der Waals surface area contributed by atoms with Gasteiger partial charge in [-0.3, -0.25) is 14.4 Å². The Morgan fingerprint density at radius 2 is 1.79 bits per heavy atom. The van der Waals surface area contributed by atoms with Crippen LogP contribution in [0, 0.1) is 5.41 Å². The summed E-state index contributed by atoms with van der Waals surface area (Å²) in [6.45, 7) is 6.88. The Bertz CT molecular complexity index is 853. The molecule has 3 atom stereocenters. The number of rotatable bonds is 8. The second-order valence-electron chi connectivity index (χ2n) is 9.91. The molecule has 1 saturated heterocycles. The summed E-state index contributed by atoms with van der Waals surface area (Å²) in [5, 5.41) is 2.68. The molecule has 1 aliphatic rings. The van der Waals surface area contributed by atoms with E-state index in [0.717, 1.165) is 10.5 Å². The Labute approximate surface area is 198 Å². The number of carbonyl (C=O) groups excluding carboxylic acids is 3. The lowest BCUT2D eigenvalue weighted by molar-refractivity contribution is -0.186. The molecular formula is C24H35F3N4O3. The highest BCUT2D eigenvalue weighted by molar-refractivity contribution is 5.90. The molecule has 0 aliphatic carbocycles. The summed E-state index contributed by atoms with van der Waals surface area (Å²) in [7, 11) is 0. The molecular weight excluding hydrogens is 449 g/mol. The van der Waals surface area contributed by atoms with Crippen LogP contribution in [0.2, 0.25) is 0 Å². The molecule has 2 rings (SSSR count). The van der Waals surface area contributed by atoms with Crippen LogP contribution in [0.3, 0.4) is 0 Å². The van der Waals surface area contributed by atoms with Gasteiger partial charge in [-0.15, -0.1) is 0 Å². The second-order valence-corrected chi connectivity index (χ2v) is 9.91. The highest BCUT2D eigenvalue weighted by atomic mass is 19.4. The minimum Gasteiger partial charge on any atom is -0.342 e. The molecule has 0 unspecified atom stereocenters.